The minimum atomic E-state index is 0.0700. The van der Waals surface area contributed by atoms with Crippen molar-refractivity contribution in [3.8, 4) is 11.1 Å². The van der Waals surface area contributed by atoms with Crippen molar-refractivity contribution in [2.75, 3.05) is 0 Å². The lowest BCUT2D eigenvalue weighted by Crippen LogP contribution is -2.09. The lowest BCUT2D eigenvalue weighted by Gasteiger charge is -2.16. The summed E-state index contributed by atoms with van der Waals surface area (Å²) in [7, 11) is 0. The van der Waals surface area contributed by atoms with E-state index in [-0.39, 0.29) is 12.6 Å². The van der Waals surface area contributed by atoms with E-state index in [0.29, 0.717) is 0 Å². The topological polar surface area (TPSA) is 50.9 Å². The second-order valence-electron chi connectivity index (χ2n) is 5.26. The fourth-order valence-corrected chi connectivity index (χ4v) is 2.60. The molecule has 0 aliphatic heterocycles. The first-order valence-corrected chi connectivity index (χ1v) is 7.45. The molecule has 1 unspecified atom stereocenters. The van der Waals surface area contributed by atoms with E-state index in [4.69, 9.17) is 5.11 Å². The maximum atomic E-state index is 9.09. The molecule has 0 saturated carbocycles. The van der Waals surface area contributed by atoms with Crippen molar-refractivity contribution in [1.82, 2.24) is 14.5 Å². The van der Waals surface area contributed by atoms with E-state index < -0.39 is 0 Å². The van der Waals surface area contributed by atoms with Crippen molar-refractivity contribution in [3.05, 3.63) is 72.6 Å². The van der Waals surface area contributed by atoms with E-state index in [1.165, 1.54) is 0 Å². The number of nitrogens with zero attached hydrogens (tertiary/aromatic N) is 3. The summed E-state index contributed by atoms with van der Waals surface area (Å²) in [5.74, 6) is 0. The van der Waals surface area contributed by atoms with E-state index in [1.54, 1.807) is 6.20 Å². The molecule has 0 aliphatic rings. The fourth-order valence-electron chi connectivity index (χ4n) is 2.60. The monoisotopic (exact) mass is 293 g/mol. The Labute approximate surface area is 130 Å². The van der Waals surface area contributed by atoms with Crippen molar-refractivity contribution in [1.29, 1.82) is 0 Å². The molecule has 0 saturated heterocycles. The van der Waals surface area contributed by atoms with Crippen LogP contribution in [0, 0.1) is 0 Å². The van der Waals surface area contributed by atoms with Crippen molar-refractivity contribution < 1.29 is 5.11 Å². The third-order valence-electron chi connectivity index (χ3n) is 3.87. The molecule has 2 heterocycles. The molecule has 0 aliphatic carbocycles. The lowest BCUT2D eigenvalue weighted by atomic mass is 10.0. The highest BCUT2D eigenvalue weighted by Crippen LogP contribution is 2.24. The molecule has 2 aromatic heterocycles. The molecule has 1 N–H and O–H groups in total. The molecule has 112 valence electrons. The zero-order valence-electron chi connectivity index (χ0n) is 12.6. The predicted molar refractivity (Wildman–Crippen MR) is 86.3 cm³/mol. The molecule has 4 nitrogen and oxygen atoms in total. The summed E-state index contributed by atoms with van der Waals surface area (Å²) in [5.41, 5.74) is 4.14. The number of benzene rings is 1. The molecular formula is C18H19N3O. The van der Waals surface area contributed by atoms with E-state index in [1.807, 2.05) is 43.0 Å². The Morgan fingerprint density at radius 3 is 2.41 bits per heavy atom. The highest BCUT2D eigenvalue weighted by Gasteiger charge is 2.12. The van der Waals surface area contributed by atoms with Gasteiger partial charge in [0.1, 0.15) is 0 Å². The van der Waals surface area contributed by atoms with Gasteiger partial charge < -0.3 is 9.67 Å². The van der Waals surface area contributed by atoms with Crippen LogP contribution in [0.25, 0.3) is 11.1 Å². The normalized spacial score (nSPS) is 12.3. The van der Waals surface area contributed by atoms with Crippen LogP contribution < -0.4 is 0 Å². The first kappa shape index (κ1) is 14.5. The zero-order chi connectivity index (χ0) is 15.4. The Kier molecular flexibility index (Phi) is 4.30. The van der Waals surface area contributed by atoms with Crippen molar-refractivity contribution in [2.45, 2.75) is 26.0 Å². The summed E-state index contributed by atoms with van der Waals surface area (Å²) in [5, 5.41) is 9.09. The lowest BCUT2D eigenvalue weighted by molar-refractivity contribution is 0.282. The molecule has 1 aromatic carbocycles. The van der Waals surface area contributed by atoms with Gasteiger partial charge in [-0.05, 0) is 23.6 Å². The predicted octanol–water partition coefficient (Wildman–Crippen LogP) is 3.44. The van der Waals surface area contributed by atoms with Crippen LogP contribution in [0.3, 0.4) is 0 Å². The van der Waals surface area contributed by atoms with Crippen LogP contribution in [0.4, 0.5) is 0 Å². The maximum Gasteiger partial charge on any atom is 0.0952 e. The molecule has 3 rings (SSSR count). The van der Waals surface area contributed by atoms with Crippen LogP contribution in [0.1, 0.15) is 30.6 Å². The number of hydrogen-bond donors (Lipinski definition) is 1. The van der Waals surface area contributed by atoms with Crippen LogP contribution in [-0.2, 0) is 6.61 Å². The molecule has 0 amide bonds. The zero-order valence-corrected chi connectivity index (χ0v) is 12.6. The summed E-state index contributed by atoms with van der Waals surface area (Å²) in [4.78, 5) is 8.74. The van der Waals surface area contributed by atoms with Gasteiger partial charge in [0.25, 0.3) is 0 Å². The second kappa shape index (κ2) is 6.54. The van der Waals surface area contributed by atoms with Gasteiger partial charge in [-0.3, -0.25) is 4.98 Å². The number of aliphatic hydroxyl groups is 1. The summed E-state index contributed by atoms with van der Waals surface area (Å²) >= 11 is 0. The molecular weight excluding hydrogens is 274 g/mol. The molecule has 22 heavy (non-hydrogen) atoms. The average Bonchev–Trinajstić information content (AvgIpc) is 3.11. The van der Waals surface area contributed by atoms with Crippen molar-refractivity contribution in [2.24, 2.45) is 0 Å². The number of hydrogen-bond acceptors (Lipinski definition) is 3. The van der Waals surface area contributed by atoms with Gasteiger partial charge in [0, 0.05) is 24.2 Å². The average molecular weight is 293 g/mol. The van der Waals surface area contributed by atoms with E-state index in [0.717, 1.165) is 28.8 Å². The quantitative estimate of drug-likeness (QED) is 0.784. The SMILES string of the molecule is CCC(c1ccc(-c2ccc(CO)cc2)cn1)n1ccnc1. The number of aromatic nitrogens is 3. The minimum absolute atomic E-state index is 0.0700. The Morgan fingerprint density at radius 1 is 1.09 bits per heavy atom. The van der Waals surface area contributed by atoms with Gasteiger partial charge in [-0.1, -0.05) is 37.3 Å². The number of aliphatic hydroxyl groups excluding tert-OH is 1. The Bertz CT molecular complexity index is 703. The van der Waals surface area contributed by atoms with E-state index in [2.05, 4.69) is 33.6 Å². The minimum Gasteiger partial charge on any atom is -0.392 e. The van der Waals surface area contributed by atoms with Crippen LogP contribution in [0.5, 0.6) is 0 Å². The maximum absolute atomic E-state index is 9.09. The third-order valence-corrected chi connectivity index (χ3v) is 3.87. The summed E-state index contributed by atoms with van der Waals surface area (Å²) in [6.07, 6.45) is 8.46. The Morgan fingerprint density at radius 2 is 1.86 bits per heavy atom. The highest BCUT2D eigenvalue weighted by molar-refractivity contribution is 5.62. The number of imidazole rings is 1. The standard InChI is InChI=1S/C18H19N3O/c1-2-18(21-10-9-19-13-21)17-8-7-16(11-20-17)15-5-3-14(12-22)4-6-15/h3-11,13,18,22H,2,12H2,1H3. The van der Waals surface area contributed by atoms with Gasteiger partial charge >= 0.3 is 0 Å². The molecule has 0 spiro atoms. The van der Waals surface area contributed by atoms with Gasteiger partial charge in [0.15, 0.2) is 0 Å². The summed E-state index contributed by atoms with van der Waals surface area (Å²) in [6, 6.07) is 12.3. The summed E-state index contributed by atoms with van der Waals surface area (Å²) in [6.45, 7) is 2.22. The first-order chi connectivity index (χ1) is 10.8. The van der Waals surface area contributed by atoms with Crippen LogP contribution in [-0.4, -0.2) is 19.6 Å². The van der Waals surface area contributed by atoms with Gasteiger partial charge in [-0.2, -0.15) is 0 Å². The van der Waals surface area contributed by atoms with Crippen LogP contribution in [0.15, 0.2) is 61.3 Å². The van der Waals surface area contributed by atoms with E-state index >= 15 is 0 Å². The molecule has 0 radical (unpaired) electrons. The first-order valence-electron chi connectivity index (χ1n) is 7.45. The summed E-state index contributed by atoms with van der Waals surface area (Å²) < 4.78 is 2.08. The third kappa shape index (κ3) is 2.92. The Balaban J connectivity index is 1.85. The Hall–Kier alpha value is -2.46. The highest BCUT2D eigenvalue weighted by atomic mass is 16.3. The fraction of sp³-hybridized carbons (Fsp3) is 0.222. The largest absolute Gasteiger partial charge is 0.392 e. The van der Waals surface area contributed by atoms with Gasteiger partial charge in [0.2, 0.25) is 0 Å². The number of pyridine rings is 1. The smallest absolute Gasteiger partial charge is 0.0952 e. The molecule has 0 fully saturated rings. The van der Waals surface area contributed by atoms with Gasteiger partial charge in [-0.25, -0.2) is 4.98 Å². The van der Waals surface area contributed by atoms with Crippen molar-refractivity contribution in [3.63, 3.8) is 0 Å². The van der Waals surface area contributed by atoms with Crippen LogP contribution >= 0.6 is 0 Å². The molecule has 3 aromatic rings. The number of rotatable bonds is 5. The van der Waals surface area contributed by atoms with Gasteiger partial charge in [0.05, 0.1) is 24.7 Å². The second-order valence-corrected chi connectivity index (χ2v) is 5.26. The van der Waals surface area contributed by atoms with Crippen LogP contribution in [0.2, 0.25) is 0 Å². The molecule has 4 heteroatoms. The molecule has 1 atom stereocenters. The molecule has 0 bridgehead atoms. The van der Waals surface area contributed by atoms with E-state index in [9.17, 15) is 0 Å². The van der Waals surface area contributed by atoms with Gasteiger partial charge in [-0.15, -0.1) is 0 Å². The van der Waals surface area contributed by atoms with Crippen molar-refractivity contribution >= 4 is 0 Å².